The van der Waals surface area contributed by atoms with Crippen molar-refractivity contribution < 1.29 is 4.79 Å². The Kier molecular flexibility index (Phi) is 3.09. The summed E-state index contributed by atoms with van der Waals surface area (Å²) in [7, 11) is 0. The van der Waals surface area contributed by atoms with Crippen molar-refractivity contribution in [3.8, 4) is 0 Å². The summed E-state index contributed by atoms with van der Waals surface area (Å²) in [6.45, 7) is 2.88. The molecule has 0 saturated heterocycles. The molecular formula is C16H22N2O. The van der Waals surface area contributed by atoms with Crippen LogP contribution >= 0.6 is 0 Å². The number of hydrogen-bond donors (Lipinski definition) is 1. The number of rotatable bonds is 1. The van der Waals surface area contributed by atoms with Gasteiger partial charge < -0.3 is 10.6 Å². The summed E-state index contributed by atoms with van der Waals surface area (Å²) in [6, 6.07) is 8.27. The van der Waals surface area contributed by atoms with Gasteiger partial charge in [0.1, 0.15) is 0 Å². The number of nitrogens with zero attached hydrogens (tertiary/aromatic N) is 1. The van der Waals surface area contributed by atoms with Crippen LogP contribution in [0.5, 0.6) is 0 Å². The van der Waals surface area contributed by atoms with Crippen LogP contribution in [0.15, 0.2) is 24.3 Å². The minimum Gasteiger partial charge on any atom is -0.327 e. The fourth-order valence-electron chi connectivity index (χ4n) is 3.51. The van der Waals surface area contributed by atoms with Gasteiger partial charge in [0.25, 0.3) is 0 Å². The summed E-state index contributed by atoms with van der Waals surface area (Å²) < 4.78 is 0. The van der Waals surface area contributed by atoms with E-state index in [4.69, 9.17) is 5.73 Å². The molecule has 1 saturated carbocycles. The highest BCUT2D eigenvalue weighted by molar-refractivity contribution is 5.99. The molecule has 1 aliphatic heterocycles. The van der Waals surface area contributed by atoms with Crippen molar-refractivity contribution in [2.24, 2.45) is 11.1 Å². The summed E-state index contributed by atoms with van der Waals surface area (Å²) in [6.07, 6.45) is 5.08. The maximum atomic E-state index is 12.9. The summed E-state index contributed by atoms with van der Waals surface area (Å²) in [5.41, 5.74) is 8.21. The first-order chi connectivity index (χ1) is 9.13. The van der Waals surface area contributed by atoms with Gasteiger partial charge in [-0.3, -0.25) is 4.79 Å². The Labute approximate surface area is 114 Å². The number of benzene rings is 1. The molecule has 2 atom stereocenters. The van der Waals surface area contributed by atoms with Crippen LogP contribution in [0.3, 0.4) is 0 Å². The Hall–Kier alpha value is -1.35. The first-order valence-corrected chi connectivity index (χ1v) is 7.28. The van der Waals surface area contributed by atoms with Gasteiger partial charge in [-0.05, 0) is 44.2 Å². The third-order valence-electron chi connectivity index (χ3n) is 4.87. The highest BCUT2D eigenvalue weighted by atomic mass is 16.2. The zero-order chi connectivity index (χ0) is 13.5. The average Bonchev–Trinajstić information content (AvgIpc) is 2.78. The number of carbonyl (C=O) groups excluding carboxylic acids is 1. The van der Waals surface area contributed by atoms with E-state index in [9.17, 15) is 4.79 Å². The van der Waals surface area contributed by atoms with Crippen molar-refractivity contribution in [1.82, 2.24) is 0 Å². The lowest BCUT2D eigenvalue weighted by Crippen LogP contribution is -2.50. The van der Waals surface area contributed by atoms with Crippen LogP contribution in [0.4, 0.5) is 5.69 Å². The van der Waals surface area contributed by atoms with Gasteiger partial charge in [-0.2, -0.15) is 0 Å². The smallest absolute Gasteiger partial charge is 0.234 e. The minimum absolute atomic E-state index is 0.00842. The van der Waals surface area contributed by atoms with Gasteiger partial charge in [0.05, 0.1) is 5.41 Å². The summed E-state index contributed by atoms with van der Waals surface area (Å²) >= 11 is 0. The standard InChI is InChI=1S/C16H22N2O/c1-16(10-4-9-14(16)17)15(19)18-11-5-7-12-6-2-3-8-13(12)18/h2-3,6,8,14H,4-5,7,9-11,17H2,1H3. The molecule has 19 heavy (non-hydrogen) atoms. The molecular weight excluding hydrogens is 236 g/mol. The number of hydrogen-bond acceptors (Lipinski definition) is 2. The molecule has 3 heteroatoms. The van der Waals surface area contributed by atoms with Crippen molar-refractivity contribution in [1.29, 1.82) is 0 Å². The molecule has 3 nitrogen and oxygen atoms in total. The van der Waals surface area contributed by atoms with Crippen LogP contribution in [0.25, 0.3) is 0 Å². The maximum absolute atomic E-state index is 12.9. The lowest BCUT2D eigenvalue weighted by atomic mass is 9.82. The topological polar surface area (TPSA) is 46.3 Å². The molecule has 1 aromatic carbocycles. The van der Waals surface area contributed by atoms with Crippen molar-refractivity contribution >= 4 is 11.6 Å². The molecule has 2 aliphatic rings. The van der Waals surface area contributed by atoms with Crippen molar-refractivity contribution in [3.05, 3.63) is 29.8 Å². The van der Waals surface area contributed by atoms with Crippen LogP contribution < -0.4 is 10.6 Å². The van der Waals surface area contributed by atoms with E-state index in [1.165, 1.54) is 5.56 Å². The van der Waals surface area contributed by atoms with E-state index in [-0.39, 0.29) is 17.4 Å². The lowest BCUT2D eigenvalue weighted by molar-refractivity contribution is -0.127. The molecule has 1 fully saturated rings. The predicted molar refractivity (Wildman–Crippen MR) is 77.0 cm³/mol. The Morgan fingerprint density at radius 1 is 1.37 bits per heavy atom. The van der Waals surface area contributed by atoms with E-state index in [2.05, 4.69) is 18.2 Å². The van der Waals surface area contributed by atoms with Crippen LogP contribution in [0.1, 0.15) is 38.2 Å². The van der Waals surface area contributed by atoms with Gasteiger partial charge in [0.15, 0.2) is 0 Å². The van der Waals surface area contributed by atoms with Gasteiger partial charge in [-0.1, -0.05) is 24.6 Å². The molecule has 3 rings (SSSR count). The van der Waals surface area contributed by atoms with Gasteiger partial charge in [-0.25, -0.2) is 0 Å². The molecule has 102 valence electrons. The molecule has 0 aromatic heterocycles. The third-order valence-corrected chi connectivity index (χ3v) is 4.87. The van der Waals surface area contributed by atoms with Crippen molar-refractivity contribution in [2.75, 3.05) is 11.4 Å². The first-order valence-electron chi connectivity index (χ1n) is 7.28. The number of aryl methyl sites for hydroxylation is 1. The quantitative estimate of drug-likeness (QED) is 0.841. The molecule has 0 bridgehead atoms. The normalized spacial score (nSPS) is 30.2. The second-order valence-electron chi connectivity index (χ2n) is 6.11. The fraction of sp³-hybridized carbons (Fsp3) is 0.562. The van der Waals surface area contributed by atoms with Gasteiger partial charge in [0.2, 0.25) is 5.91 Å². The molecule has 2 N–H and O–H groups in total. The maximum Gasteiger partial charge on any atom is 0.234 e. The Balaban J connectivity index is 1.93. The summed E-state index contributed by atoms with van der Waals surface area (Å²) in [4.78, 5) is 14.9. The van der Waals surface area contributed by atoms with E-state index >= 15 is 0 Å². The number of para-hydroxylation sites is 1. The lowest BCUT2D eigenvalue weighted by Gasteiger charge is -2.37. The van der Waals surface area contributed by atoms with Crippen LogP contribution in [-0.2, 0) is 11.2 Å². The van der Waals surface area contributed by atoms with Crippen LogP contribution in [0, 0.1) is 5.41 Å². The average molecular weight is 258 g/mol. The van der Waals surface area contributed by atoms with Gasteiger partial charge in [0, 0.05) is 18.3 Å². The SMILES string of the molecule is CC1(C(=O)N2CCCc3ccccc32)CCCC1N. The molecule has 0 spiro atoms. The van der Waals surface area contributed by atoms with Crippen LogP contribution in [0.2, 0.25) is 0 Å². The number of carbonyl (C=O) groups is 1. The van der Waals surface area contributed by atoms with E-state index in [0.29, 0.717) is 0 Å². The molecule has 1 heterocycles. The number of nitrogens with two attached hydrogens (primary N) is 1. The van der Waals surface area contributed by atoms with Crippen LogP contribution in [-0.4, -0.2) is 18.5 Å². The number of fused-ring (bicyclic) bond motifs is 1. The van der Waals surface area contributed by atoms with E-state index in [1.807, 2.05) is 17.9 Å². The first kappa shape index (κ1) is 12.7. The second-order valence-corrected chi connectivity index (χ2v) is 6.11. The summed E-state index contributed by atoms with van der Waals surface area (Å²) in [5, 5.41) is 0. The molecule has 0 radical (unpaired) electrons. The zero-order valence-corrected chi connectivity index (χ0v) is 11.6. The Morgan fingerprint density at radius 3 is 2.89 bits per heavy atom. The zero-order valence-electron chi connectivity index (χ0n) is 11.6. The number of anilines is 1. The van der Waals surface area contributed by atoms with Crippen molar-refractivity contribution in [3.63, 3.8) is 0 Å². The highest BCUT2D eigenvalue weighted by Gasteiger charge is 2.45. The van der Waals surface area contributed by atoms with E-state index in [0.717, 1.165) is 44.3 Å². The van der Waals surface area contributed by atoms with E-state index in [1.54, 1.807) is 0 Å². The monoisotopic (exact) mass is 258 g/mol. The molecule has 1 aromatic rings. The Bertz CT molecular complexity index is 499. The van der Waals surface area contributed by atoms with Gasteiger partial charge in [-0.15, -0.1) is 0 Å². The second kappa shape index (κ2) is 4.64. The molecule has 2 unspecified atom stereocenters. The third kappa shape index (κ3) is 1.96. The fourth-order valence-corrected chi connectivity index (χ4v) is 3.51. The molecule has 1 aliphatic carbocycles. The predicted octanol–water partition coefficient (Wildman–Crippen LogP) is 2.48. The summed E-state index contributed by atoms with van der Waals surface area (Å²) in [5.74, 6) is 0.227. The highest BCUT2D eigenvalue weighted by Crippen LogP contribution is 2.40. The largest absolute Gasteiger partial charge is 0.327 e. The van der Waals surface area contributed by atoms with E-state index < -0.39 is 0 Å². The van der Waals surface area contributed by atoms with Gasteiger partial charge >= 0.3 is 0 Å². The number of amides is 1. The minimum atomic E-state index is -0.371. The Morgan fingerprint density at radius 2 is 2.16 bits per heavy atom. The molecule has 1 amide bonds. The van der Waals surface area contributed by atoms with Crippen molar-refractivity contribution in [2.45, 2.75) is 45.1 Å².